The van der Waals surface area contributed by atoms with E-state index in [1.54, 1.807) is 11.8 Å². The van der Waals surface area contributed by atoms with Gasteiger partial charge in [0, 0.05) is 17.8 Å². The number of hydrogen-bond acceptors (Lipinski definition) is 4. The van der Waals surface area contributed by atoms with Gasteiger partial charge in [-0.1, -0.05) is 18.2 Å². The van der Waals surface area contributed by atoms with Crippen molar-refractivity contribution in [3.63, 3.8) is 0 Å². The van der Waals surface area contributed by atoms with Crippen molar-refractivity contribution < 1.29 is 0 Å². The van der Waals surface area contributed by atoms with Crippen LogP contribution in [0.5, 0.6) is 0 Å². The van der Waals surface area contributed by atoms with Crippen molar-refractivity contribution in [3.05, 3.63) is 10.5 Å². The number of H-pyrrole nitrogens is 1. The molecule has 2 aliphatic carbocycles. The molecule has 2 unspecified atom stereocenters. The minimum Gasteiger partial charge on any atom is -0.317 e. The highest BCUT2D eigenvalue weighted by Gasteiger charge is 2.29. The first-order valence-electron chi connectivity index (χ1n) is 7.26. The molecule has 0 spiro atoms. The second kappa shape index (κ2) is 5.71. The maximum atomic E-state index is 11.7. The molecular weight excluding hydrogens is 260 g/mol. The largest absolute Gasteiger partial charge is 0.344 e. The monoisotopic (exact) mass is 282 g/mol. The Balaban J connectivity index is 1.54. The lowest BCUT2D eigenvalue weighted by Gasteiger charge is -2.18. The van der Waals surface area contributed by atoms with E-state index < -0.39 is 0 Å². The first-order chi connectivity index (χ1) is 9.29. The summed E-state index contributed by atoms with van der Waals surface area (Å²) in [5.74, 6) is 1.84. The summed E-state index contributed by atoms with van der Waals surface area (Å²) in [6.45, 7) is 0. The SMILES string of the molecule is CNC1CCCC1CCSc1n[nH]c(=O)n1C1CC1. The summed E-state index contributed by atoms with van der Waals surface area (Å²) in [4.78, 5) is 11.7. The smallest absolute Gasteiger partial charge is 0.317 e. The maximum Gasteiger partial charge on any atom is 0.344 e. The average Bonchev–Trinajstić information content (AvgIpc) is 3.02. The van der Waals surface area contributed by atoms with Gasteiger partial charge in [0.2, 0.25) is 0 Å². The van der Waals surface area contributed by atoms with E-state index in [2.05, 4.69) is 22.6 Å². The Bertz CT molecular complexity index is 479. The van der Waals surface area contributed by atoms with Crippen molar-refractivity contribution in [1.29, 1.82) is 0 Å². The second-order valence-corrected chi connectivity index (χ2v) is 6.70. The lowest BCUT2D eigenvalue weighted by molar-refractivity contribution is 0.417. The summed E-state index contributed by atoms with van der Waals surface area (Å²) in [5, 5.41) is 11.0. The molecule has 2 saturated carbocycles. The molecule has 0 aromatic carbocycles. The fraction of sp³-hybridized carbons (Fsp3) is 0.846. The number of aromatic nitrogens is 3. The molecule has 0 amide bonds. The summed E-state index contributed by atoms with van der Waals surface area (Å²) < 4.78 is 1.84. The van der Waals surface area contributed by atoms with Crippen molar-refractivity contribution in [1.82, 2.24) is 20.1 Å². The molecule has 19 heavy (non-hydrogen) atoms. The minimum absolute atomic E-state index is 0.0426. The van der Waals surface area contributed by atoms with Gasteiger partial charge >= 0.3 is 5.69 Å². The van der Waals surface area contributed by atoms with Crippen LogP contribution in [-0.2, 0) is 0 Å². The highest BCUT2D eigenvalue weighted by atomic mass is 32.2. The van der Waals surface area contributed by atoms with Crippen LogP contribution in [0.15, 0.2) is 9.95 Å². The first-order valence-corrected chi connectivity index (χ1v) is 8.25. The van der Waals surface area contributed by atoms with E-state index in [0.29, 0.717) is 12.1 Å². The maximum absolute atomic E-state index is 11.7. The highest BCUT2D eigenvalue weighted by Crippen LogP contribution is 2.36. The van der Waals surface area contributed by atoms with Gasteiger partial charge in [0.15, 0.2) is 5.16 Å². The normalized spacial score (nSPS) is 27.0. The number of nitrogens with one attached hydrogen (secondary N) is 2. The van der Waals surface area contributed by atoms with Crippen LogP contribution in [0.4, 0.5) is 0 Å². The first kappa shape index (κ1) is 13.2. The molecule has 2 atom stereocenters. The molecule has 0 radical (unpaired) electrons. The Hall–Kier alpha value is -0.750. The van der Waals surface area contributed by atoms with E-state index in [1.165, 1.54) is 25.7 Å². The van der Waals surface area contributed by atoms with E-state index in [-0.39, 0.29) is 5.69 Å². The molecule has 1 aromatic heterocycles. The molecule has 2 fully saturated rings. The molecule has 0 saturated heterocycles. The van der Waals surface area contributed by atoms with Gasteiger partial charge in [-0.3, -0.25) is 4.57 Å². The lowest BCUT2D eigenvalue weighted by Crippen LogP contribution is -2.29. The van der Waals surface area contributed by atoms with Crippen LogP contribution in [0.3, 0.4) is 0 Å². The van der Waals surface area contributed by atoms with Crippen LogP contribution in [0.2, 0.25) is 0 Å². The van der Waals surface area contributed by atoms with Crippen LogP contribution in [0, 0.1) is 5.92 Å². The van der Waals surface area contributed by atoms with E-state index >= 15 is 0 Å². The fourth-order valence-electron chi connectivity index (χ4n) is 3.11. The number of nitrogens with zero attached hydrogens (tertiary/aromatic N) is 2. The van der Waals surface area contributed by atoms with Crippen LogP contribution in [0.1, 0.15) is 44.6 Å². The van der Waals surface area contributed by atoms with Crippen molar-refractivity contribution >= 4 is 11.8 Å². The zero-order valence-corrected chi connectivity index (χ0v) is 12.2. The molecule has 106 valence electrons. The number of thioether (sulfide) groups is 1. The topological polar surface area (TPSA) is 62.7 Å². The predicted octanol–water partition coefficient (Wildman–Crippen LogP) is 1.78. The van der Waals surface area contributed by atoms with E-state index in [0.717, 1.165) is 29.7 Å². The summed E-state index contributed by atoms with van der Waals surface area (Å²) in [5.41, 5.74) is -0.0426. The van der Waals surface area contributed by atoms with Crippen LogP contribution < -0.4 is 11.0 Å². The third-order valence-electron chi connectivity index (χ3n) is 4.33. The van der Waals surface area contributed by atoms with E-state index in [1.807, 2.05) is 4.57 Å². The average molecular weight is 282 g/mol. The van der Waals surface area contributed by atoms with Gasteiger partial charge in [0.25, 0.3) is 0 Å². The van der Waals surface area contributed by atoms with E-state index in [9.17, 15) is 4.79 Å². The van der Waals surface area contributed by atoms with Crippen molar-refractivity contribution in [2.24, 2.45) is 5.92 Å². The molecule has 3 rings (SSSR count). The Labute approximate surface area is 117 Å². The Kier molecular flexibility index (Phi) is 3.98. The highest BCUT2D eigenvalue weighted by molar-refractivity contribution is 7.99. The second-order valence-electron chi connectivity index (χ2n) is 5.64. The van der Waals surface area contributed by atoms with Gasteiger partial charge in [-0.05, 0) is 45.1 Å². The fourth-order valence-corrected chi connectivity index (χ4v) is 4.20. The van der Waals surface area contributed by atoms with Gasteiger partial charge in [0.05, 0.1) is 0 Å². The van der Waals surface area contributed by atoms with Crippen LogP contribution in [-0.4, -0.2) is 33.6 Å². The molecule has 1 aromatic rings. The molecule has 5 nitrogen and oxygen atoms in total. The summed E-state index contributed by atoms with van der Waals surface area (Å²) in [6, 6.07) is 1.09. The van der Waals surface area contributed by atoms with Crippen molar-refractivity contribution in [2.75, 3.05) is 12.8 Å². The van der Waals surface area contributed by atoms with Gasteiger partial charge < -0.3 is 5.32 Å². The molecular formula is C13H22N4OS. The molecule has 0 aliphatic heterocycles. The Morgan fingerprint density at radius 3 is 3.00 bits per heavy atom. The van der Waals surface area contributed by atoms with Crippen LogP contribution >= 0.6 is 11.8 Å². The zero-order valence-electron chi connectivity index (χ0n) is 11.4. The molecule has 2 N–H and O–H groups in total. The summed E-state index contributed by atoms with van der Waals surface area (Å²) in [7, 11) is 2.06. The number of hydrogen-bond donors (Lipinski definition) is 2. The lowest BCUT2D eigenvalue weighted by atomic mass is 10.0. The Morgan fingerprint density at radius 2 is 2.26 bits per heavy atom. The summed E-state index contributed by atoms with van der Waals surface area (Å²) in [6.07, 6.45) is 7.44. The standard InChI is InChI=1S/C13H22N4OS/c1-14-11-4-2-3-9(11)7-8-19-13-16-15-12(18)17(13)10-5-6-10/h9-11,14H,2-8H2,1H3,(H,15,18). The molecule has 0 bridgehead atoms. The number of aromatic amines is 1. The van der Waals surface area contributed by atoms with Gasteiger partial charge in [-0.15, -0.1) is 5.10 Å². The van der Waals surface area contributed by atoms with Gasteiger partial charge in [-0.25, -0.2) is 9.89 Å². The zero-order chi connectivity index (χ0) is 13.2. The van der Waals surface area contributed by atoms with Crippen molar-refractivity contribution in [3.8, 4) is 0 Å². The van der Waals surface area contributed by atoms with Gasteiger partial charge in [-0.2, -0.15) is 0 Å². The third kappa shape index (κ3) is 2.89. The Morgan fingerprint density at radius 1 is 1.42 bits per heavy atom. The minimum atomic E-state index is -0.0426. The van der Waals surface area contributed by atoms with Crippen molar-refractivity contribution in [2.45, 2.75) is 55.8 Å². The predicted molar refractivity (Wildman–Crippen MR) is 76.6 cm³/mol. The molecule has 6 heteroatoms. The third-order valence-corrected chi connectivity index (χ3v) is 5.32. The van der Waals surface area contributed by atoms with E-state index in [4.69, 9.17) is 0 Å². The van der Waals surface area contributed by atoms with Gasteiger partial charge in [0.1, 0.15) is 0 Å². The molecule has 2 aliphatic rings. The number of rotatable bonds is 6. The van der Waals surface area contributed by atoms with Crippen LogP contribution in [0.25, 0.3) is 0 Å². The quantitative estimate of drug-likeness (QED) is 0.781. The summed E-state index contributed by atoms with van der Waals surface area (Å²) >= 11 is 1.73. The molecule has 1 heterocycles.